The molecule has 63 heavy (non-hydrogen) atoms. The molecule has 0 spiro atoms. The topological polar surface area (TPSA) is 169 Å². The van der Waals surface area contributed by atoms with Crippen molar-refractivity contribution in [3.8, 4) is 0 Å². The van der Waals surface area contributed by atoms with E-state index in [0.717, 1.165) is 44.9 Å². The van der Waals surface area contributed by atoms with Crippen molar-refractivity contribution in [3.05, 3.63) is 48.6 Å². The van der Waals surface area contributed by atoms with Gasteiger partial charge in [0, 0.05) is 0 Å². The number of carbonyl (C=O) groups excluding carboxylic acids is 1. The number of amides is 1. The lowest BCUT2D eigenvalue weighted by Crippen LogP contribution is -2.60. The predicted molar refractivity (Wildman–Crippen MR) is 259 cm³/mol. The second-order valence-corrected chi connectivity index (χ2v) is 18.1. The molecule has 368 valence electrons. The first-order valence-corrected chi connectivity index (χ1v) is 26.0. The van der Waals surface area contributed by atoms with E-state index >= 15 is 0 Å². The molecule has 0 saturated carbocycles. The van der Waals surface area contributed by atoms with Crippen LogP contribution in [-0.2, 0) is 14.3 Å². The summed E-state index contributed by atoms with van der Waals surface area (Å²) in [4.78, 5) is 13.1. The molecule has 0 aromatic rings. The highest BCUT2D eigenvalue weighted by molar-refractivity contribution is 5.80. The van der Waals surface area contributed by atoms with E-state index < -0.39 is 61.5 Å². The Labute approximate surface area is 385 Å². The number of carbonyl (C=O) groups is 1. The second-order valence-electron chi connectivity index (χ2n) is 18.1. The minimum atomic E-state index is -1.62. The number of aliphatic hydroxyl groups excluding tert-OH is 6. The van der Waals surface area contributed by atoms with Crippen molar-refractivity contribution >= 4 is 5.91 Å². The van der Waals surface area contributed by atoms with E-state index in [9.17, 15) is 35.4 Å². The van der Waals surface area contributed by atoms with Crippen LogP contribution in [0.25, 0.3) is 0 Å². The molecule has 8 atom stereocenters. The van der Waals surface area contributed by atoms with Crippen LogP contribution in [0.2, 0.25) is 0 Å². The molecule has 0 aromatic carbocycles. The number of ether oxygens (including phenoxy) is 2. The molecular formula is C53H97NO9. The average molecular weight is 892 g/mol. The molecule has 0 radical (unpaired) electrons. The Morgan fingerprint density at radius 3 is 1.40 bits per heavy atom. The van der Waals surface area contributed by atoms with E-state index in [-0.39, 0.29) is 6.61 Å². The number of rotatable bonds is 43. The van der Waals surface area contributed by atoms with Crippen molar-refractivity contribution in [3.63, 3.8) is 0 Å². The second kappa shape index (κ2) is 42.7. The lowest BCUT2D eigenvalue weighted by atomic mass is 9.99. The van der Waals surface area contributed by atoms with Crippen LogP contribution in [0.4, 0.5) is 0 Å². The van der Waals surface area contributed by atoms with Crippen molar-refractivity contribution in [2.24, 2.45) is 0 Å². The molecule has 10 heteroatoms. The van der Waals surface area contributed by atoms with Gasteiger partial charge >= 0.3 is 0 Å². The van der Waals surface area contributed by atoms with Crippen LogP contribution < -0.4 is 5.32 Å². The Bertz CT molecular complexity index is 1140. The lowest BCUT2D eigenvalue weighted by molar-refractivity contribution is -0.302. The normalized spacial score (nSPS) is 21.0. The van der Waals surface area contributed by atoms with Crippen molar-refractivity contribution < 1.29 is 44.9 Å². The largest absolute Gasteiger partial charge is 0.394 e. The van der Waals surface area contributed by atoms with Gasteiger partial charge in [0.25, 0.3) is 0 Å². The van der Waals surface area contributed by atoms with Crippen LogP contribution in [0.15, 0.2) is 48.6 Å². The van der Waals surface area contributed by atoms with Gasteiger partial charge in [-0.15, -0.1) is 0 Å². The lowest BCUT2D eigenvalue weighted by Gasteiger charge is -2.40. The fourth-order valence-corrected chi connectivity index (χ4v) is 7.95. The monoisotopic (exact) mass is 892 g/mol. The maximum atomic E-state index is 13.1. The highest BCUT2D eigenvalue weighted by Crippen LogP contribution is 2.23. The van der Waals surface area contributed by atoms with Gasteiger partial charge in [-0.25, -0.2) is 0 Å². The fraction of sp³-hybridized carbons (Fsp3) is 0.830. The van der Waals surface area contributed by atoms with Crippen LogP contribution in [0, 0.1) is 0 Å². The molecule has 1 heterocycles. The molecule has 1 aliphatic heterocycles. The Morgan fingerprint density at radius 1 is 0.540 bits per heavy atom. The molecule has 0 aliphatic carbocycles. The van der Waals surface area contributed by atoms with Gasteiger partial charge < -0.3 is 45.4 Å². The summed E-state index contributed by atoms with van der Waals surface area (Å²) in [6.07, 6.45) is 44.9. The van der Waals surface area contributed by atoms with Crippen LogP contribution >= 0.6 is 0 Å². The van der Waals surface area contributed by atoms with Crippen LogP contribution in [0.5, 0.6) is 0 Å². The van der Waals surface area contributed by atoms with E-state index in [1.165, 1.54) is 141 Å². The van der Waals surface area contributed by atoms with Gasteiger partial charge in [0.05, 0.1) is 25.4 Å². The van der Waals surface area contributed by atoms with Gasteiger partial charge in [-0.2, -0.15) is 0 Å². The van der Waals surface area contributed by atoms with Crippen LogP contribution in [0.3, 0.4) is 0 Å². The van der Waals surface area contributed by atoms with E-state index in [1.807, 2.05) is 6.08 Å². The smallest absolute Gasteiger partial charge is 0.249 e. The minimum absolute atomic E-state index is 0.296. The SMILES string of the molecule is CCCCCC/C=C/CC/C=C/CC/C=C/C(O)C(COC1OC(CO)C(O)C(O)C1O)NC(=O)C(O)CCCCCCCCCC/C=C\CCCCCCCCCCCCCC. The molecule has 1 amide bonds. The number of hydrogen-bond donors (Lipinski definition) is 7. The third kappa shape index (κ3) is 32.4. The summed E-state index contributed by atoms with van der Waals surface area (Å²) >= 11 is 0. The highest BCUT2D eigenvalue weighted by Gasteiger charge is 2.44. The van der Waals surface area contributed by atoms with Gasteiger partial charge in [-0.3, -0.25) is 4.79 Å². The van der Waals surface area contributed by atoms with Crippen molar-refractivity contribution in [1.82, 2.24) is 5.32 Å². The molecule has 1 saturated heterocycles. The molecule has 1 fully saturated rings. The third-order valence-electron chi connectivity index (χ3n) is 12.2. The zero-order valence-corrected chi connectivity index (χ0v) is 40.2. The molecule has 0 aromatic heterocycles. The fourth-order valence-electron chi connectivity index (χ4n) is 7.95. The Hall–Kier alpha value is -1.89. The quantitative estimate of drug-likeness (QED) is 0.0233. The summed E-state index contributed by atoms with van der Waals surface area (Å²) in [5, 5.41) is 64.8. The van der Waals surface area contributed by atoms with Gasteiger partial charge in [0.1, 0.15) is 30.5 Å². The van der Waals surface area contributed by atoms with Gasteiger partial charge in [-0.1, -0.05) is 197 Å². The van der Waals surface area contributed by atoms with E-state index in [0.29, 0.717) is 19.3 Å². The summed E-state index contributed by atoms with van der Waals surface area (Å²) < 4.78 is 11.1. The summed E-state index contributed by atoms with van der Waals surface area (Å²) in [5.74, 6) is -0.633. The Balaban J connectivity index is 2.32. The van der Waals surface area contributed by atoms with Crippen molar-refractivity contribution in [2.75, 3.05) is 13.2 Å². The first kappa shape index (κ1) is 59.1. The maximum Gasteiger partial charge on any atom is 0.249 e. The summed E-state index contributed by atoms with van der Waals surface area (Å²) in [5.41, 5.74) is 0. The van der Waals surface area contributed by atoms with E-state index in [4.69, 9.17) is 9.47 Å². The third-order valence-corrected chi connectivity index (χ3v) is 12.2. The Kier molecular flexibility index (Phi) is 40.1. The summed E-state index contributed by atoms with van der Waals surface area (Å²) in [7, 11) is 0. The van der Waals surface area contributed by atoms with Gasteiger partial charge in [0.2, 0.25) is 5.91 Å². The zero-order valence-electron chi connectivity index (χ0n) is 40.2. The standard InChI is InChI=1S/C53H97NO9/c1-3-5-7-9-11-13-15-17-19-20-21-22-23-24-25-26-27-28-30-32-34-36-38-40-42-47(57)52(61)54-45(44-62-53-51(60)50(59)49(58)48(43-55)63-53)46(56)41-39-37-35-33-31-29-18-16-14-12-10-8-6-4-2/h14,16,24-25,31,33,39,41,45-51,53,55-60H,3-13,15,17-23,26-30,32,34-38,40,42-44H2,1-2H3,(H,54,61)/b16-14+,25-24-,33-31+,41-39+. The van der Waals surface area contributed by atoms with Crippen LogP contribution in [0.1, 0.15) is 219 Å². The maximum absolute atomic E-state index is 13.1. The van der Waals surface area contributed by atoms with Gasteiger partial charge in [0.15, 0.2) is 6.29 Å². The van der Waals surface area contributed by atoms with E-state index in [1.54, 1.807) is 6.08 Å². The first-order chi connectivity index (χ1) is 30.8. The summed E-state index contributed by atoms with van der Waals surface area (Å²) in [6, 6.07) is -1.00. The average Bonchev–Trinajstić information content (AvgIpc) is 3.28. The molecule has 1 rings (SSSR count). The zero-order chi connectivity index (χ0) is 46.0. The summed E-state index contributed by atoms with van der Waals surface area (Å²) in [6.45, 7) is 3.57. The first-order valence-electron chi connectivity index (χ1n) is 26.0. The van der Waals surface area contributed by atoms with Gasteiger partial charge in [-0.05, 0) is 70.6 Å². The van der Waals surface area contributed by atoms with Crippen molar-refractivity contribution in [2.45, 2.75) is 268 Å². The molecular weight excluding hydrogens is 795 g/mol. The number of aliphatic hydroxyl groups is 6. The number of unbranched alkanes of at least 4 members (excludes halogenated alkanes) is 26. The number of hydrogen-bond acceptors (Lipinski definition) is 9. The minimum Gasteiger partial charge on any atom is -0.394 e. The predicted octanol–water partition coefficient (Wildman–Crippen LogP) is 10.8. The molecule has 1 aliphatic rings. The molecule has 10 nitrogen and oxygen atoms in total. The van der Waals surface area contributed by atoms with Crippen LogP contribution in [-0.4, -0.2) is 98.7 Å². The highest BCUT2D eigenvalue weighted by atomic mass is 16.7. The number of nitrogens with one attached hydrogen (secondary N) is 1. The molecule has 7 N–H and O–H groups in total. The van der Waals surface area contributed by atoms with Crippen molar-refractivity contribution in [1.29, 1.82) is 0 Å². The number of allylic oxidation sites excluding steroid dienone is 7. The van der Waals surface area contributed by atoms with E-state index in [2.05, 4.69) is 55.6 Å². The molecule has 8 unspecified atom stereocenters. The molecule has 0 bridgehead atoms. The Morgan fingerprint density at radius 2 is 0.937 bits per heavy atom.